The Balaban J connectivity index is 1.46. The Bertz CT molecular complexity index is 1980. The summed E-state index contributed by atoms with van der Waals surface area (Å²) >= 11 is 0. The highest BCUT2D eigenvalue weighted by Crippen LogP contribution is 2.52. The van der Waals surface area contributed by atoms with Gasteiger partial charge in [-0.3, -0.25) is 9.59 Å². The van der Waals surface area contributed by atoms with Crippen LogP contribution in [0.25, 0.3) is 0 Å². The third-order valence-electron chi connectivity index (χ3n) is 9.48. The van der Waals surface area contributed by atoms with E-state index in [1.54, 1.807) is 26.0 Å². The average Bonchev–Trinajstić information content (AvgIpc) is 3.06. The van der Waals surface area contributed by atoms with Gasteiger partial charge in [0.15, 0.2) is 12.1 Å². The molecule has 0 saturated carbocycles. The predicted molar refractivity (Wildman–Crippen MR) is 174 cm³/mol. The van der Waals surface area contributed by atoms with E-state index in [1.165, 1.54) is 44.4 Å². The summed E-state index contributed by atoms with van der Waals surface area (Å²) in [7, 11) is -2.82. The molecule has 6 rings (SSSR count). The molecule has 1 aliphatic heterocycles. The van der Waals surface area contributed by atoms with E-state index in [9.17, 15) is 38.4 Å². The summed E-state index contributed by atoms with van der Waals surface area (Å²) in [5, 5.41) is 49.9. The van der Waals surface area contributed by atoms with E-state index in [4.69, 9.17) is 19.9 Å². The molecule has 0 radical (unpaired) electrons. The van der Waals surface area contributed by atoms with Crippen molar-refractivity contribution < 1.29 is 52.6 Å². The highest BCUT2D eigenvalue weighted by molar-refractivity contribution is 7.89. The fourth-order valence-corrected chi connectivity index (χ4v) is 7.53. The van der Waals surface area contributed by atoms with Gasteiger partial charge in [0.05, 0.1) is 52.7 Å². The maximum atomic E-state index is 13.9. The van der Waals surface area contributed by atoms with E-state index in [-0.39, 0.29) is 51.5 Å². The number of hydrogen-bond donors (Lipinski definition) is 6. The Hall–Kier alpha value is -4.38. The van der Waals surface area contributed by atoms with Gasteiger partial charge in [0.1, 0.15) is 22.8 Å². The first kappa shape index (κ1) is 34.5. The van der Waals surface area contributed by atoms with Crippen molar-refractivity contribution in [3.05, 3.63) is 81.4 Å². The van der Waals surface area contributed by atoms with Gasteiger partial charge in [-0.05, 0) is 39.0 Å². The lowest BCUT2D eigenvalue weighted by Crippen LogP contribution is -2.52. The minimum absolute atomic E-state index is 0.0128. The summed E-state index contributed by atoms with van der Waals surface area (Å²) in [5.74, 6) is -2.75. The smallest absolute Gasteiger partial charge is 0.276 e. The van der Waals surface area contributed by atoms with Gasteiger partial charge in [0, 0.05) is 42.0 Å². The van der Waals surface area contributed by atoms with Crippen LogP contribution in [-0.2, 0) is 25.9 Å². The number of benzene rings is 3. The third kappa shape index (κ3) is 5.85. The van der Waals surface area contributed by atoms with Crippen molar-refractivity contribution in [2.45, 2.75) is 81.2 Å². The standard InChI is InChI=1S/C34H37N3O11S/c1-15-8-10-18(11-9-15)49(44,45)37-36-17(3)34(43)13-20-26(23(14-34)48-24-12-21(35)29(38)16(2)47-24)33(42)28-27(31(20)40)30(39)19-6-5-7-22(46-4)25(19)32(28)41/h5-11,16,21,23-24,29,37-38,40,42-43H,12-14,35H2,1-4H3/b36-17+. The molecule has 6 atom stereocenters. The van der Waals surface area contributed by atoms with Gasteiger partial charge < -0.3 is 40.4 Å². The van der Waals surface area contributed by atoms with Gasteiger partial charge in [0.25, 0.3) is 10.0 Å². The van der Waals surface area contributed by atoms with Crippen LogP contribution in [0.1, 0.15) is 81.3 Å². The Morgan fingerprint density at radius 2 is 1.73 bits per heavy atom. The number of hydrazone groups is 1. The molecule has 3 aliphatic rings. The third-order valence-corrected chi connectivity index (χ3v) is 10.7. The van der Waals surface area contributed by atoms with Crippen LogP contribution in [0, 0.1) is 6.92 Å². The lowest BCUT2D eigenvalue weighted by atomic mass is 9.72. The highest BCUT2D eigenvalue weighted by atomic mass is 32.2. The molecular weight excluding hydrogens is 658 g/mol. The number of carbonyl (C=O) groups excluding carboxylic acids is 2. The first-order valence-electron chi connectivity index (χ1n) is 15.5. The lowest BCUT2D eigenvalue weighted by Gasteiger charge is -2.42. The number of ketones is 2. The molecule has 7 N–H and O–H groups in total. The number of phenolic OH excluding ortho intramolecular Hbond substituents is 2. The number of sulfonamides is 1. The van der Waals surface area contributed by atoms with Crippen LogP contribution in [0.2, 0.25) is 0 Å². The van der Waals surface area contributed by atoms with E-state index >= 15 is 0 Å². The molecule has 1 heterocycles. The van der Waals surface area contributed by atoms with Crippen LogP contribution in [0.15, 0.2) is 52.5 Å². The van der Waals surface area contributed by atoms with Gasteiger partial charge in [-0.15, -0.1) is 0 Å². The minimum Gasteiger partial charge on any atom is -0.507 e. The Morgan fingerprint density at radius 3 is 2.39 bits per heavy atom. The second-order valence-electron chi connectivity index (χ2n) is 12.7. The highest BCUT2D eigenvalue weighted by Gasteiger charge is 2.49. The summed E-state index contributed by atoms with van der Waals surface area (Å²) < 4.78 is 43.4. The lowest BCUT2D eigenvalue weighted by molar-refractivity contribution is -0.245. The second-order valence-corrected chi connectivity index (χ2v) is 14.3. The quantitative estimate of drug-likeness (QED) is 0.0928. The molecule has 0 bridgehead atoms. The minimum atomic E-state index is -4.15. The van der Waals surface area contributed by atoms with Gasteiger partial charge in [0.2, 0.25) is 5.78 Å². The van der Waals surface area contributed by atoms with Crippen molar-refractivity contribution in [2.24, 2.45) is 10.8 Å². The molecule has 0 aromatic heterocycles. The number of aliphatic hydroxyl groups is 2. The number of aromatic hydroxyl groups is 2. The number of carbonyl (C=O) groups is 2. The van der Waals surface area contributed by atoms with Crippen LogP contribution in [0.5, 0.6) is 17.2 Å². The monoisotopic (exact) mass is 695 g/mol. The predicted octanol–water partition coefficient (Wildman–Crippen LogP) is 2.10. The fraction of sp³-hybridized carbons (Fsp3) is 0.382. The maximum Gasteiger partial charge on any atom is 0.276 e. The van der Waals surface area contributed by atoms with Crippen LogP contribution >= 0.6 is 0 Å². The number of rotatable bonds is 7. The second kappa shape index (κ2) is 12.5. The Kier molecular flexibility index (Phi) is 8.80. The van der Waals surface area contributed by atoms with Crippen LogP contribution in [0.4, 0.5) is 0 Å². The van der Waals surface area contributed by atoms with E-state index in [2.05, 4.69) is 9.93 Å². The van der Waals surface area contributed by atoms with Crippen molar-refractivity contribution in [1.82, 2.24) is 4.83 Å². The van der Waals surface area contributed by atoms with Crippen molar-refractivity contribution in [1.29, 1.82) is 0 Å². The largest absolute Gasteiger partial charge is 0.507 e. The SMILES string of the molecule is COc1cccc2c1C(=O)c1c(O)c3c(c(O)c1C2=O)CC(O)(/C(C)=N/NS(=O)(=O)c1ccc(C)cc1)CC3OC1CC(N)C(O)C(C)O1. The van der Waals surface area contributed by atoms with E-state index in [0.29, 0.717) is 0 Å². The summed E-state index contributed by atoms with van der Waals surface area (Å²) in [6.07, 6.45) is -4.92. The summed E-state index contributed by atoms with van der Waals surface area (Å²) in [5.41, 5.74) is 3.57. The number of methoxy groups -OCH3 is 1. The molecule has 3 aromatic rings. The zero-order valence-corrected chi connectivity index (χ0v) is 27.9. The Morgan fingerprint density at radius 1 is 1.06 bits per heavy atom. The van der Waals surface area contributed by atoms with Crippen molar-refractivity contribution in [3.63, 3.8) is 0 Å². The summed E-state index contributed by atoms with van der Waals surface area (Å²) in [6, 6.07) is 9.70. The van der Waals surface area contributed by atoms with Crippen molar-refractivity contribution >= 4 is 27.3 Å². The zero-order chi connectivity index (χ0) is 35.6. The fourth-order valence-electron chi connectivity index (χ4n) is 6.67. The number of nitrogens with two attached hydrogens (primary N) is 1. The van der Waals surface area contributed by atoms with Crippen molar-refractivity contribution in [3.8, 4) is 17.2 Å². The summed E-state index contributed by atoms with van der Waals surface area (Å²) in [6.45, 7) is 4.77. The van der Waals surface area contributed by atoms with Gasteiger partial charge in [-0.1, -0.05) is 29.8 Å². The number of aliphatic hydroxyl groups excluding tert-OH is 1. The number of phenols is 2. The molecule has 1 fully saturated rings. The van der Waals surface area contributed by atoms with E-state index < -0.39 is 86.9 Å². The number of hydrogen-bond acceptors (Lipinski definition) is 13. The topological polar surface area (TPSA) is 227 Å². The molecule has 260 valence electrons. The summed E-state index contributed by atoms with van der Waals surface area (Å²) in [4.78, 5) is 29.8. The van der Waals surface area contributed by atoms with Crippen LogP contribution < -0.4 is 15.3 Å². The molecule has 14 nitrogen and oxygen atoms in total. The molecule has 1 saturated heterocycles. The molecule has 49 heavy (non-hydrogen) atoms. The number of ether oxygens (including phenoxy) is 3. The number of aryl methyl sites for hydroxylation is 1. The normalized spacial score (nSPS) is 26.8. The molecule has 0 spiro atoms. The molecular formula is C34H37N3O11S. The first-order valence-corrected chi connectivity index (χ1v) is 17.0. The van der Waals surface area contributed by atoms with E-state index in [0.717, 1.165) is 5.56 Å². The van der Waals surface area contributed by atoms with Crippen LogP contribution in [0.3, 0.4) is 0 Å². The molecule has 15 heteroatoms. The zero-order valence-electron chi connectivity index (χ0n) is 27.1. The van der Waals surface area contributed by atoms with Gasteiger partial charge in [-0.25, -0.2) is 4.83 Å². The van der Waals surface area contributed by atoms with Gasteiger partial charge >= 0.3 is 0 Å². The molecule has 2 aliphatic carbocycles. The molecule has 6 unspecified atom stereocenters. The number of fused-ring (bicyclic) bond motifs is 3. The molecule has 0 amide bonds. The number of nitrogens with one attached hydrogen (secondary N) is 1. The van der Waals surface area contributed by atoms with Crippen molar-refractivity contribution in [2.75, 3.05) is 7.11 Å². The van der Waals surface area contributed by atoms with Crippen LogP contribution in [-0.4, -0.2) is 83.4 Å². The average molecular weight is 696 g/mol. The number of nitrogens with zero attached hydrogens (tertiary/aromatic N) is 1. The maximum absolute atomic E-state index is 13.9. The molecule has 3 aromatic carbocycles. The Labute approximate surface area is 282 Å². The first-order chi connectivity index (χ1) is 23.1. The van der Waals surface area contributed by atoms with E-state index in [1.807, 2.05) is 0 Å². The van der Waals surface area contributed by atoms with Gasteiger partial charge in [-0.2, -0.15) is 13.5 Å².